The van der Waals surface area contributed by atoms with E-state index in [1.165, 1.54) is 29.8 Å². The van der Waals surface area contributed by atoms with Crippen LogP contribution in [0.3, 0.4) is 0 Å². The van der Waals surface area contributed by atoms with Gasteiger partial charge in [0.25, 0.3) is 11.6 Å². The van der Waals surface area contributed by atoms with Gasteiger partial charge < -0.3 is 5.32 Å². The van der Waals surface area contributed by atoms with Crippen LogP contribution in [0.5, 0.6) is 0 Å². The van der Waals surface area contributed by atoms with Crippen molar-refractivity contribution >= 4 is 35.0 Å². The molecule has 138 valence electrons. The number of anilines is 1. The van der Waals surface area contributed by atoms with Gasteiger partial charge in [0.2, 0.25) is 0 Å². The fraction of sp³-hybridized carbons (Fsp3) is 0.200. The molecule has 0 heterocycles. The van der Waals surface area contributed by atoms with Gasteiger partial charge in [0.05, 0.1) is 4.92 Å². The molecule has 0 spiro atoms. The van der Waals surface area contributed by atoms with Gasteiger partial charge in [-0.15, -0.1) is 0 Å². The lowest BCUT2D eigenvalue weighted by Gasteiger charge is -2.06. The molecule has 7 heteroatoms. The number of hydrogen-bond acceptors (Lipinski definition) is 4. The quantitative estimate of drug-likeness (QED) is 0.310. The predicted molar refractivity (Wildman–Crippen MR) is 105 cm³/mol. The van der Waals surface area contributed by atoms with Crippen molar-refractivity contribution < 1.29 is 9.72 Å². The first-order chi connectivity index (χ1) is 12.9. The van der Waals surface area contributed by atoms with Crippen molar-refractivity contribution in [1.29, 1.82) is 5.26 Å². The van der Waals surface area contributed by atoms with Crippen LogP contribution in [0, 0.1) is 21.4 Å². The number of nitrogens with one attached hydrogen (secondary N) is 1. The minimum Gasteiger partial charge on any atom is -0.321 e. The Morgan fingerprint density at radius 2 is 2.00 bits per heavy atom. The third kappa shape index (κ3) is 5.66. The Labute approximate surface area is 162 Å². The summed E-state index contributed by atoms with van der Waals surface area (Å²) in [5.74, 6) is -0.587. The number of nitro groups is 1. The van der Waals surface area contributed by atoms with Crippen molar-refractivity contribution in [1.82, 2.24) is 0 Å². The zero-order chi connectivity index (χ0) is 19.8. The molecule has 0 aromatic heterocycles. The fourth-order valence-electron chi connectivity index (χ4n) is 2.41. The Morgan fingerprint density at radius 1 is 1.30 bits per heavy atom. The number of hydrogen-bond donors (Lipinski definition) is 1. The maximum atomic E-state index is 12.3. The summed E-state index contributed by atoms with van der Waals surface area (Å²) in [7, 11) is 0. The minimum absolute atomic E-state index is 0.0109. The van der Waals surface area contributed by atoms with E-state index in [1.807, 2.05) is 18.2 Å². The molecule has 0 saturated carbocycles. The molecule has 0 atom stereocenters. The second kappa shape index (κ2) is 9.51. The number of benzene rings is 2. The third-order valence-corrected chi connectivity index (χ3v) is 4.19. The van der Waals surface area contributed by atoms with Crippen LogP contribution < -0.4 is 5.32 Å². The Balaban J connectivity index is 2.16. The number of unbranched alkanes of at least 4 members (excludes halogenated alkanes) is 1. The topological polar surface area (TPSA) is 96.0 Å². The third-order valence-electron chi connectivity index (χ3n) is 3.87. The van der Waals surface area contributed by atoms with E-state index < -0.39 is 10.8 Å². The minimum atomic E-state index is -0.619. The first-order valence-corrected chi connectivity index (χ1v) is 8.78. The molecule has 1 amide bonds. The second-order valence-corrected chi connectivity index (χ2v) is 6.30. The van der Waals surface area contributed by atoms with E-state index in [1.54, 1.807) is 12.1 Å². The summed E-state index contributed by atoms with van der Waals surface area (Å²) in [5, 5.41) is 22.9. The normalized spacial score (nSPS) is 10.9. The highest BCUT2D eigenvalue weighted by molar-refractivity contribution is 6.32. The van der Waals surface area contributed by atoms with Crippen molar-refractivity contribution in [2.75, 3.05) is 5.32 Å². The van der Waals surface area contributed by atoms with Gasteiger partial charge in [0.15, 0.2) is 0 Å². The molecule has 0 saturated heterocycles. The number of nitrogens with zero attached hydrogens (tertiary/aromatic N) is 2. The van der Waals surface area contributed by atoms with Crippen LogP contribution in [-0.2, 0) is 11.2 Å². The summed E-state index contributed by atoms with van der Waals surface area (Å²) in [6, 6.07) is 13.3. The Morgan fingerprint density at radius 3 is 2.59 bits per heavy atom. The van der Waals surface area contributed by atoms with Gasteiger partial charge in [0.1, 0.15) is 16.7 Å². The zero-order valence-electron chi connectivity index (χ0n) is 14.7. The fourth-order valence-corrected chi connectivity index (χ4v) is 2.60. The highest BCUT2D eigenvalue weighted by Gasteiger charge is 2.14. The first-order valence-electron chi connectivity index (χ1n) is 8.40. The lowest BCUT2D eigenvalue weighted by atomic mass is 10.1. The molecule has 27 heavy (non-hydrogen) atoms. The summed E-state index contributed by atoms with van der Waals surface area (Å²) in [5.41, 5.74) is 1.64. The van der Waals surface area contributed by atoms with Crippen LogP contribution in [0.4, 0.5) is 11.4 Å². The summed E-state index contributed by atoms with van der Waals surface area (Å²) >= 11 is 5.77. The predicted octanol–water partition coefficient (Wildman–Crippen LogP) is 5.14. The average molecular weight is 384 g/mol. The molecule has 2 aromatic rings. The molecule has 0 aliphatic heterocycles. The van der Waals surface area contributed by atoms with Gasteiger partial charge >= 0.3 is 0 Å². The number of amides is 1. The first kappa shape index (κ1) is 20.1. The van der Waals surface area contributed by atoms with Crippen molar-refractivity contribution in [3.63, 3.8) is 0 Å². The van der Waals surface area contributed by atoms with Gasteiger partial charge in [0, 0.05) is 11.8 Å². The molecule has 2 aromatic carbocycles. The highest BCUT2D eigenvalue weighted by atomic mass is 35.5. The molecular formula is C20H18ClN3O3. The van der Waals surface area contributed by atoms with Crippen molar-refractivity contribution in [2.45, 2.75) is 26.2 Å². The van der Waals surface area contributed by atoms with Crippen LogP contribution >= 0.6 is 11.6 Å². The number of carbonyl (C=O) groups is 1. The maximum absolute atomic E-state index is 12.3. The van der Waals surface area contributed by atoms with Crippen molar-refractivity contribution in [2.24, 2.45) is 0 Å². The van der Waals surface area contributed by atoms with Crippen molar-refractivity contribution in [3.05, 3.63) is 74.3 Å². The average Bonchev–Trinajstić information content (AvgIpc) is 2.66. The summed E-state index contributed by atoms with van der Waals surface area (Å²) in [6.07, 6.45) is 4.47. The van der Waals surface area contributed by atoms with E-state index in [-0.39, 0.29) is 16.3 Å². The van der Waals surface area contributed by atoms with E-state index in [4.69, 9.17) is 11.6 Å². The van der Waals surface area contributed by atoms with Gasteiger partial charge in [-0.25, -0.2) is 0 Å². The highest BCUT2D eigenvalue weighted by Crippen LogP contribution is 2.26. The lowest BCUT2D eigenvalue weighted by molar-refractivity contribution is -0.384. The zero-order valence-corrected chi connectivity index (χ0v) is 15.5. The molecule has 0 bridgehead atoms. The van der Waals surface area contributed by atoms with E-state index in [2.05, 4.69) is 12.2 Å². The van der Waals surface area contributed by atoms with Crippen LogP contribution in [0.15, 0.2) is 48.0 Å². The molecule has 0 fully saturated rings. The van der Waals surface area contributed by atoms with Crippen molar-refractivity contribution in [3.8, 4) is 6.07 Å². The Bertz CT molecular complexity index is 915. The molecule has 0 unspecified atom stereocenters. The Hall–Kier alpha value is -3.17. The summed E-state index contributed by atoms with van der Waals surface area (Å²) < 4.78 is 0. The monoisotopic (exact) mass is 383 g/mol. The number of nitro benzene ring substituents is 1. The second-order valence-electron chi connectivity index (χ2n) is 5.89. The van der Waals surface area contributed by atoms with E-state index >= 15 is 0 Å². The van der Waals surface area contributed by atoms with Gasteiger partial charge in [-0.1, -0.05) is 43.1 Å². The van der Waals surface area contributed by atoms with Crippen LogP contribution in [0.25, 0.3) is 6.08 Å². The Kier molecular flexibility index (Phi) is 7.09. The van der Waals surface area contributed by atoms with Crippen LogP contribution in [-0.4, -0.2) is 10.8 Å². The largest absolute Gasteiger partial charge is 0.321 e. The molecule has 6 nitrogen and oxygen atoms in total. The van der Waals surface area contributed by atoms with E-state index in [0.29, 0.717) is 11.3 Å². The molecule has 0 aliphatic rings. The number of rotatable bonds is 7. The van der Waals surface area contributed by atoms with E-state index in [9.17, 15) is 20.2 Å². The number of halogens is 1. The molecule has 2 rings (SSSR count). The SMILES string of the molecule is CCCCc1ccc(NC(=O)/C(C#N)=C/c2ccc(Cl)c([N+](=O)[O-])c2)cc1. The molecule has 0 radical (unpaired) electrons. The van der Waals surface area contributed by atoms with Crippen LogP contribution in [0.1, 0.15) is 30.9 Å². The molecule has 1 N–H and O–H groups in total. The maximum Gasteiger partial charge on any atom is 0.288 e. The van der Waals surface area contributed by atoms with Gasteiger partial charge in [-0.3, -0.25) is 14.9 Å². The lowest BCUT2D eigenvalue weighted by Crippen LogP contribution is -2.13. The molecular weight excluding hydrogens is 366 g/mol. The summed E-state index contributed by atoms with van der Waals surface area (Å²) in [6.45, 7) is 2.12. The van der Waals surface area contributed by atoms with Gasteiger partial charge in [-0.05, 0) is 48.2 Å². The van der Waals surface area contributed by atoms with Gasteiger partial charge in [-0.2, -0.15) is 5.26 Å². The standard InChI is InChI=1S/C20H18ClN3O3/c1-2-3-4-14-5-8-17(9-6-14)23-20(25)16(13-22)11-15-7-10-18(21)19(12-15)24(26)27/h5-12H,2-4H2,1H3,(H,23,25)/b16-11+. The smallest absolute Gasteiger partial charge is 0.288 e. The number of carbonyl (C=O) groups excluding carboxylic acids is 1. The van der Waals surface area contributed by atoms with Crippen LogP contribution in [0.2, 0.25) is 5.02 Å². The molecule has 0 aliphatic carbocycles. The summed E-state index contributed by atoms with van der Waals surface area (Å²) in [4.78, 5) is 22.7. The number of nitriles is 1. The van der Waals surface area contributed by atoms with E-state index in [0.717, 1.165) is 19.3 Å². The number of aryl methyl sites for hydroxylation is 1.